The molecule has 0 saturated heterocycles. The van der Waals surface area contributed by atoms with Crippen molar-refractivity contribution in [3.05, 3.63) is 34.5 Å². The molecule has 0 spiro atoms. The third-order valence-electron chi connectivity index (χ3n) is 4.17. The first-order valence-corrected chi connectivity index (χ1v) is 6.93. The van der Waals surface area contributed by atoms with Gasteiger partial charge < -0.3 is 24.5 Å². The lowest BCUT2D eigenvalue weighted by molar-refractivity contribution is 0.0873. The van der Waals surface area contributed by atoms with E-state index in [4.69, 9.17) is 19.2 Å². The molecule has 0 aromatic carbocycles. The molecular weight excluding hydrogens is 273 g/mol. The van der Waals surface area contributed by atoms with E-state index in [1.807, 2.05) is 26.8 Å². The quantitative estimate of drug-likeness (QED) is 0.756. The van der Waals surface area contributed by atoms with E-state index in [2.05, 4.69) is 5.32 Å². The van der Waals surface area contributed by atoms with E-state index in [0.717, 1.165) is 22.2 Å². The van der Waals surface area contributed by atoms with Crippen molar-refractivity contribution < 1.29 is 23.9 Å². The standard InChI is InChI=1S/C14H18BNO5/c1-8-9-4-5-19-7-10-12(9)15(21-14(10,2)3)20-11(8)6-16-13(17)18/h4-5,11,16H,6-7H2,1-3H3,(H,17,18). The van der Waals surface area contributed by atoms with Gasteiger partial charge in [0.15, 0.2) is 0 Å². The first-order chi connectivity index (χ1) is 9.90. The Balaban J connectivity index is 1.99. The average Bonchev–Trinajstić information content (AvgIpc) is 2.57. The molecule has 3 aliphatic heterocycles. The van der Waals surface area contributed by atoms with Gasteiger partial charge in [0.1, 0.15) is 6.61 Å². The fourth-order valence-corrected chi connectivity index (χ4v) is 2.99. The molecule has 1 amide bonds. The normalized spacial score (nSPS) is 26.4. The minimum absolute atomic E-state index is 0.197. The van der Waals surface area contributed by atoms with Gasteiger partial charge in [-0.2, -0.15) is 0 Å². The number of amides is 1. The fraction of sp³-hybridized carbons (Fsp3) is 0.500. The van der Waals surface area contributed by atoms with Crippen LogP contribution < -0.4 is 5.32 Å². The number of hydrogen-bond donors (Lipinski definition) is 2. The molecule has 0 fully saturated rings. The Morgan fingerprint density at radius 1 is 1.57 bits per heavy atom. The van der Waals surface area contributed by atoms with Crippen molar-refractivity contribution in [2.75, 3.05) is 13.2 Å². The van der Waals surface area contributed by atoms with Gasteiger partial charge in [0.05, 0.1) is 18.0 Å². The predicted molar refractivity (Wildman–Crippen MR) is 76.6 cm³/mol. The van der Waals surface area contributed by atoms with Crippen LogP contribution in [0.25, 0.3) is 0 Å². The summed E-state index contributed by atoms with van der Waals surface area (Å²) >= 11 is 0. The van der Waals surface area contributed by atoms with Gasteiger partial charge in [0.25, 0.3) is 0 Å². The molecule has 7 heteroatoms. The first-order valence-electron chi connectivity index (χ1n) is 6.93. The highest BCUT2D eigenvalue weighted by molar-refractivity contribution is 6.57. The third-order valence-corrected chi connectivity index (χ3v) is 4.17. The van der Waals surface area contributed by atoms with Crippen LogP contribution in [0.3, 0.4) is 0 Å². The van der Waals surface area contributed by atoms with Gasteiger partial charge in [-0.3, -0.25) is 0 Å². The smallest absolute Gasteiger partial charge is 0.495 e. The number of hydrogen-bond acceptors (Lipinski definition) is 4. The van der Waals surface area contributed by atoms with Crippen LogP contribution in [0, 0.1) is 0 Å². The highest BCUT2D eigenvalue weighted by Gasteiger charge is 2.50. The zero-order chi connectivity index (χ0) is 15.2. The molecular formula is C14H18BNO5. The van der Waals surface area contributed by atoms with E-state index < -0.39 is 18.8 Å². The number of rotatable bonds is 2. The van der Waals surface area contributed by atoms with Gasteiger partial charge in [-0.05, 0) is 49.0 Å². The summed E-state index contributed by atoms with van der Waals surface area (Å²) in [7, 11) is -0.472. The summed E-state index contributed by atoms with van der Waals surface area (Å²) < 4.78 is 17.5. The Labute approximate surface area is 123 Å². The summed E-state index contributed by atoms with van der Waals surface area (Å²) in [5.74, 6) is 0. The Kier molecular flexibility index (Phi) is 3.34. The van der Waals surface area contributed by atoms with Crippen molar-refractivity contribution >= 4 is 13.2 Å². The Morgan fingerprint density at radius 2 is 2.33 bits per heavy atom. The molecule has 0 radical (unpaired) electrons. The minimum Gasteiger partial charge on any atom is -0.497 e. The number of nitrogens with one attached hydrogen (secondary N) is 1. The molecule has 3 aliphatic rings. The van der Waals surface area contributed by atoms with E-state index in [1.54, 1.807) is 6.26 Å². The highest BCUT2D eigenvalue weighted by Crippen LogP contribution is 2.43. The van der Waals surface area contributed by atoms with Gasteiger partial charge >= 0.3 is 13.2 Å². The zero-order valence-electron chi connectivity index (χ0n) is 12.3. The second-order valence-corrected chi connectivity index (χ2v) is 5.87. The van der Waals surface area contributed by atoms with Gasteiger partial charge in [0.2, 0.25) is 0 Å². The molecule has 0 bridgehead atoms. The molecule has 0 aliphatic carbocycles. The maximum absolute atomic E-state index is 10.7. The van der Waals surface area contributed by atoms with Crippen LogP contribution in [0.1, 0.15) is 20.8 Å². The van der Waals surface area contributed by atoms with E-state index >= 15 is 0 Å². The van der Waals surface area contributed by atoms with Crippen molar-refractivity contribution in [1.82, 2.24) is 5.32 Å². The lowest BCUT2D eigenvalue weighted by Gasteiger charge is -2.30. The van der Waals surface area contributed by atoms with E-state index in [1.165, 1.54) is 0 Å². The summed E-state index contributed by atoms with van der Waals surface area (Å²) in [5, 5.41) is 11.1. The lowest BCUT2D eigenvalue weighted by atomic mass is 9.68. The molecule has 0 aromatic heterocycles. The molecule has 0 aromatic rings. The number of carbonyl (C=O) groups is 1. The van der Waals surface area contributed by atoms with Crippen LogP contribution in [-0.4, -0.2) is 43.2 Å². The molecule has 0 saturated carbocycles. The predicted octanol–water partition coefficient (Wildman–Crippen LogP) is 1.65. The van der Waals surface area contributed by atoms with Crippen LogP contribution in [0.15, 0.2) is 34.5 Å². The molecule has 3 heterocycles. The maximum atomic E-state index is 10.7. The van der Waals surface area contributed by atoms with E-state index in [-0.39, 0.29) is 12.6 Å². The SMILES string of the molecule is CC1=C2C=COCC3=C2B(OC1CNC(=O)O)OC3(C)C. The summed E-state index contributed by atoms with van der Waals surface area (Å²) in [6.07, 6.45) is 2.18. The van der Waals surface area contributed by atoms with Crippen LogP contribution in [0.5, 0.6) is 0 Å². The van der Waals surface area contributed by atoms with Crippen LogP contribution in [-0.2, 0) is 14.0 Å². The van der Waals surface area contributed by atoms with Gasteiger partial charge in [0, 0.05) is 6.54 Å². The fourth-order valence-electron chi connectivity index (χ4n) is 2.99. The van der Waals surface area contributed by atoms with Crippen molar-refractivity contribution in [1.29, 1.82) is 0 Å². The van der Waals surface area contributed by atoms with Gasteiger partial charge in [-0.1, -0.05) is 0 Å². The summed E-state index contributed by atoms with van der Waals surface area (Å²) in [4.78, 5) is 10.7. The largest absolute Gasteiger partial charge is 0.497 e. The van der Waals surface area contributed by atoms with Gasteiger partial charge in [-0.25, -0.2) is 4.79 Å². The minimum atomic E-state index is -1.06. The van der Waals surface area contributed by atoms with E-state index in [0.29, 0.717) is 6.61 Å². The van der Waals surface area contributed by atoms with Crippen molar-refractivity contribution in [3.63, 3.8) is 0 Å². The second kappa shape index (κ2) is 4.93. The average molecular weight is 291 g/mol. The lowest BCUT2D eigenvalue weighted by Crippen LogP contribution is -2.42. The number of carboxylic acid groups (broad SMARTS) is 1. The molecule has 112 valence electrons. The van der Waals surface area contributed by atoms with Gasteiger partial charge in [-0.15, -0.1) is 0 Å². The Hall–Kier alpha value is -1.73. The van der Waals surface area contributed by atoms with Crippen molar-refractivity contribution in [3.8, 4) is 0 Å². The van der Waals surface area contributed by atoms with Crippen molar-refractivity contribution in [2.45, 2.75) is 32.5 Å². The molecule has 21 heavy (non-hydrogen) atoms. The Bertz CT molecular complexity index is 578. The first kappa shape index (κ1) is 14.2. The van der Waals surface area contributed by atoms with Crippen LogP contribution in [0.4, 0.5) is 4.79 Å². The number of ether oxygens (including phenoxy) is 1. The molecule has 6 nitrogen and oxygen atoms in total. The molecule has 1 unspecified atom stereocenters. The molecule has 1 atom stereocenters. The summed E-state index contributed by atoms with van der Waals surface area (Å²) in [6, 6.07) is 0. The van der Waals surface area contributed by atoms with Crippen LogP contribution >= 0.6 is 0 Å². The second-order valence-electron chi connectivity index (χ2n) is 5.87. The van der Waals surface area contributed by atoms with Crippen LogP contribution in [0.2, 0.25) is 0 Å². The summed E-state index contributed by atoms with van der Waals surface area (Å²) in [5.41, 5.74) is 3.67. The monoisotopic (exact) mass is 291 g/mol. The molecule has 3 rings (SSSR count). The molecule has 2 N–H and O–H groups in total. The zero-order valence-corrected chi connectivity index (χ0v) is 12.3. The third kappa shape index (κ3) is 2.36. The van der Waals surface area contributed by atoms with Crippen molar-refractivity contribution in [2.24, 2.45) is 0 Å². The Morgan fingerprint density at radius 3 is 3.05 bits per heavy atom. The topological polar surface area (TPSA) is 77.0 Å². The van der Waals surface area contributed by atoms with E-state index in [9.17, 15) is 4.79 Å². The maximum Gasteiger partial charge on any atom is 0.495 e. The highest BCUT2D eigenvalue weighted by atomic mass is 16.6. The number of allylic oxidation sites excluding steroid dienone is 3. The summed E-state index contributed by atoms with van der Waals surface area (Å²) in [6.45, 7) is 6.60.